The van der Waals surface area contributed by atoms with E-state index >= 15 is 0 Å². The molecule has 17 heavy (non-hydrogen) atoms. The van der Waals surface area contributed by atoms with Gasteiger partial charge in [-0.2, -0.15) is 0 Å². The highest BCUT2D eigenvalue weighted by Crippen LogP contribution is 2.48. The zero-order chi connectivity index (χ0) is 13.0. The minimum Gasteiger partial charge on any atom is -0.423 e. The molecule has 1 heterocycles. The van der Waals surface area contributed by atoms with Crippen LogP contribution in [0.5, 0.6) is 0 Å². The normalized spacial score (nSPS) is 38.1. The Balaban J connectivity index is 2.38. The highest BCUT2D eigenvalue weighted by atomic mass is 16.7. The summed E-state index contributed by atoms with van der Waals surface area (Å²) in [5.41, 5.74) is 1.03. The van der Waals surface area contributed by atoms with E-state index in [0.717, 1.165) is 0 Å². The summed E-state index contributed by atoms with van der Waals surface area (Å²) in [6.45, 7) is 7.94. The van der Waals surface area contributed by atoms with E-state index in [9.17, 15) is 15.0 Å². The fourth-order valence-electron chi connectivity index (χ4n) is 2.66. The first-order valence-corrected chi connectivity index (χ1v) is 6.00. The van der Waals surface area contributed by atoms with Crippen molar-refractivity contribution >= 4 is 5.97 Å². The van der Waals surface area contributed by atoms with Crippen LogP contribution in [0.2, 0.25) is 0 Å². The first-order chi connectivity index (χ1) is 7.66. The molecule has 3 atom stereocenters. The van der Waals surface area contributed by atoms with Gasteiger partial charge in [-0.3, -0.25) is 0 Å². The molecule has 0 bridgehead atoms. The van der Waals surface area contributed by atoms with Crippen LogP contribution in [0.25, 0.3) is 0 Å². The number of carbonyl (C=O) groups excluding carboxylic acids is 1. The third-order valence-corrected chi connectivity index (χ3v) is 4.07. The van der Waals surface area contributed by atoms with E-state index < -0.39 is 17.9 Å². The van der Waals surface area contributed by atoms with E-state index in [1.807, 2.05) is 0 Å². The summed E-state index contributed by atoms with van der Waals surface area (Å²) in [6, 6.07) is 0. The molecule has 0 spiro atoms. The number of aliphatic hydroxyl groups excluding tert-OH is 1. The van der Waals surface area contributed by atoms with Crippen molar-refractivity contribution in [3.8, 4) is 0 Å². The fraction of sp³-hybridized carbons (Fsp3) is 0.769. The van der Waals surface area contributed by atoms with Crippen molar-refractivity contribution < 1.29 is 19.7 Å². The van der Waals surface area contributed by atoms with E-state index in [4.69, 9.17) is 4.74 Å². The first-order valence-electron chi connectivity index (χ1n) is 6.00. The van der Waals surface area contributed by atoms with E-state index in [1.54, 1.807) is 6.92 Å². The van der Waals surface area contributed by atoms with Crippen LogP contribution >= 0.6 is 0 Å². The van der Waals surface area contributed by atoms with Gasteiger partial charge in [0.05, 0.1) is 0 Å². The maximum absolute atomic E-state index is 11.5. The molecular weight excluding hydrogens is 220 g/mol. The molecule has 1 aliphatic heterocycles. The lowest BCUT2D eigenvalue weighted by Crippen LogP contribution is -2.50. The summed E-state index contributed by atoms with van der Waals surface area (Å²) in [5.74, 6) is -2.06. The number of carbonyl (C=O) groups is 1. The van der Waals surface area contributed by atoms with E-state index in [-0.39, 0.29) is 11.3 Å². The van der Waals surface area contributed by atoms with Gasteiger partial charge in [-0.05, 0) is 31.1 Å². The molecule has 96 valence electrons. The summed E-state index contributed by atoms with van der Waals surface area (Å²) >= 11 is 0. The molecule has 1 fully saturated rings. The standard InChI is InChI=1S/C13H20O4/c1-7-9-5-8(12(2,3)4)6-10(14)13(9,16)17-11(7)15/h8,10,14,16H,5-6H2,1-4H3/t8-,10+,13-/m1/s1. The quantitative estimate of drug-likeness (QED) is 0.627. The van der Waals surface area contributed by atoms with Crippen LogP contribution in [0.1, 0.15) is 40.5 Å². The molecule has 0 aromatic carbocycles. The van der Waals surface area contributed by atoms with Crippen LogP contribution in [0.4, 0.5) is 0 Å². The Labute approximate surface area is 101 Å². The van der Waals surface area contributed by atoms with E-state index in [2.05, 4.69) is 20.8 Å². The van der Waals surface area contributed by atoms with Gasteiger partial charge < -0.3 is 14.9 Å². The molecule has 1 aliphatic carbocycles. The first kappa shape index (κ1) is 12.6. The number of aliphatic hydroxyl groups is 2. The second-order valence-electron chi connectivity index (χ2n) is 6.21. The molecule has 4 heteroatoms. The lowest BCUT2D eigenvalue weighted by atomic mass is 9.68. The van der Waals surface area contributed by atoms with Crippen LogP contribution in [-0.4, -0.2) is 28.1 Å². The van der Waals surface area contributed by atoms with Gasteiger partial charge in [0.15, 0.2) is 0 Å². The summed E-state index contributed by atoms with van der Waals surface area (Å²) < 4.78 is 4.93. The van der Waals surface area contributed by atoms with Crippen molar-refractivity contribution in [2.75, 3.05) is 0 Å². The number of fused-ring (bicyclic) bond motifs is 1. The van der Waals surface area contributed by atoms with Gasteiger partial charge in [0, 0.05) is 11.1 Å². The maximum atomic E-state index is 11.5. The van der Waals surface area contributed by atoms with Gasteiger partial charge in [0.1, 0.15) is 6.10 Å². The molecule has 0 amide bonds. The van der Waals surface area contributed by atoms with Gasteiger partial charge in [0.2, 0.25) is 0 Å². The third kappa shape index (κ3) is 1.79. The van der Waals surface area contributed by atoms with E-state index in [1.165, 1.54) is 0 Å². The molecule has 0 unspecified atom stereocenters. The zero-order valence-corrected chi connectivity index (χ0v) is 10.8. The molecule has 0 saturated heterocycles. The number of hydrogen-bond donors (Lipinski definition) is 2. The van der Waals surface area contributed by atoms with Crippen LogP contribution in [0.15, 0.2) is 11.1 Å². The topological polar surface area (TPSA) is 66.8 Å². The van der Waals surface area contributed by atoms with Crippen LogP contribution in [-0.2, 0) is 9.53 Å². The van der Waals surface area contributed by atoms with Crippen LogP contribution in [0, 0.1) is 11.3 Å². The van der Waals surface area contributed by atoms with Crippen molar-refractivity contribution in [2.45, 2.75) is 52.4 Å². The second-order valence-corrected chi connectivity index (χ2v) is 6.21. The SMILES string of the molecule is CC1=C2C[C@@H](C(C)(C)C)C[C@H](O)[C@]2(O)OC1=O. The fourth-order valence-corrected chi connectivity index (χ4v) is 2.66. The Bertz CT molecular complexity index is 391. The Morgan fingerprint density at radius 3 is 2.53 bits per heavy atom. The number of rotatable bonds is 0. The van der Waals surface area contributed by atoms with Crippen molar-refractivity contribution in [1.29, 1.82) is 0 Å². The number of esters is 1. The Morgan fingerprint density at radius 2 is 2.00 bits per heavy atom. The molecule has 2 rings (SSSR count). The summed E-state index contributed by atoms with van der Waals surface area (Å²) in [4.78, 5) is 11.5. The summed E-state index contributed by atoms with van der Waals surface area (Å²) in [7, 11) is 0. The van der Waals surface area contributed by atoms with Crippen LogP contribution < -0.4 is 0 Å². The van der Waals surface area contributed by atoms with Gasteiger partial charge >= 0.3 is 5.97 Å². The van der Waals surface area contributed by atoms with E-state index in [0.29, 0.717) is 24.0 Å². The highest BCUT2D eigenvalue weighted by molar-refractivity contribution is 5.92. The molecule has 2 aliphatic rings. The molecule has 4 nitrogen and oxygen atoms in total. The largest absolute Gasteiger partial charge is 0.423 e. The molecular formula is C13H20O4. The summed E-state index contributed by atoms with van der Waals surface area (Å²) in [5, 5.41) is 20.3. The highest BCUT2D eigenvalue weighted by Gasteiger charge is 2.55. The predicted molar refractivity (Wildman–Crippen MR) is 61.9 cm³/mol. The predicted octanol–water partition coefficient (Wildman–Crippen LogP) is 1.37. The Hall–Kier alpha value is -0.870. The molecule has 1 saturated carbocycles. The summed E-state index contributed by atoms with van der Waals surface area (Å²) in [6.07, 6.45) is 0.0236. The second kappa shape index (κ2) is 3.56. The smallest absolute Gasteiger partial charge is 0.336 e. The molecule has 0 aromatic rings. The lowest BCUT2D eigenvalue weighted by Gasteiger charge is -2.42. The lowest BCUT2D eigenvalue weighted by molar-refractivity contribution is -0.229. The van der Waals surface area contributed by atoms with Gasteiger partial charge in [0.25, 0.3) is 5.79 Å². The minimum atomic E-state index is -1.77. The maximum Gasteiger partial charge on any atom is 0.336 e. The van der Waals surface area contributed by atoms with Crippen molar-refractivity contribution in [2.24, 2.45) is 11.3 Å². The molecule has 0 aromatic heterocycles. The minimum absolute atomic E-state index is 0.0290. The van der Waals surface area contributed by atoms with Crippen LogP contribution in [0.3, 0.4) is 0 Å². The molecule has 0 radical (unpaired) electrons. The Kier molecular flexibility index (Phi) is 2.64. The average molecular weight is 240 g/mol. The molecule has 2 N–H and O–H groups in total. The van der Waals surface area contributed by atoms with Crippen molar-refractivity contribution in [1.82, 2.24) is 0 Å². The van der Waals surface area contributed by atoms with Gasteiger partial charge in [-0.1, -0.05) is 20.8 Å². The van der Waals surface area contributed by atoms with Gasteiger partial charge in [-0.15, -0.1) is 0 Å². The number of hydrogen-bond acceptors (Lipinski definition) is 4. The van der Waals surface area contributed by atoms with Gasteiger partial charge in [-0.25, -0.2) is 4.79 Å². The Morgan fingerprint density at radius 1 is 1.41 bits per heavy atom. The monoisotopic (exact) mass is 240 g/mol. The van der Waals surface area contributed by atoms with Crippen molar-refractivity contribution in [3.63, 3.8) is 0 Å². The zero-order valence-electron chi connectivity index (χ0n) is 10.8. The van der Waals surface area contributed by atoms with Crippen molar-refractivity contribution in [3.05, 3.63) is 11.1 Å². The average Bonchev–Trinajstić information content (AvgIpc) is 2.40. The third-order valence-electron chi connectivity index (χ3n) is 4.07. The number of ether oxygens (including phenoxy) is 1.